The van der Waals surface area contributed by atoms with E-state index in [1.165, 1.54) is 38.5 Å². The maximum Gasteiger partial charge on any atom is 0.0613 e. The van der Waals surface area contributed by atoms with E-state index in [4.69, 9.17) is 0 Å². The van der Waals surface area contributed by atoms with Crippen LogP contribution < -0.4 is 5.32 Å². The van der Waals surface area contributed by atoms with Crippen molar-refractivity contribution in [2.75, 3.05) is 13.7 Å². The Morgan fingerprint density at radius 3 is 2.38 bits per heavy atom. The molecule has 2 saturated carbocycles. The van der Waals surface area contributed by atoms with E-state index in [0.29, 0.717) is 12.1 Å². The highest BCUT2D eigenvalue weighted by Gasteiger charge is 2.39. The summed E-state index contributed by atoms with van der Waals surface area (Å²) < 4.78 is 0. The molecule has 2 fully saturated rings. The molecule has 0 aromatic rings. The fourth-order valence-electron chi connectivity index (χ4n) is 4.56. The standard InChI is InChI=1S/C18H36N2O/c1-14(2)19-18(13-21)11-5-6-17(12-18)20(4)16-9-7-15(3)8-10-16/h14-17,19,21H,5-13H2,1-4H3. The van der Waals surface area contributed by atoms with E-state index in [0.717, 1.165) is 24.8 Å². The van der Waals surface area contributed by atoms with Gasteiger partial charge in [0.15, 0.2) is 0 Å². The lowest BCUT2D eigenvalue weighted by Crippen LogP contribution is -2.58. The fraction of sp³-hybridized carbons (Fsp3) is 1.00. The van der Waals surface area contributed by atoms with Crippen LogP contribution in [0.1, 0.15) is 72.1 Å². The van der Waals surface area contributed by atoms with E-state index in [1.54, 1.807) is 0 Å². The third-order valence-electron chi connectivity index (χ3n) is 5.85. The van der Waals surface area contributed by atoms with Crippen LogP contribution in [0.4, 0.5) is 0 Å². The van der Waals surface area contributed by atoms with Crippen LogP contribution in [0.25, 0.3) is 0 Å². The Bertz CT molecular complexity index is 312. The molecular weight excluding hydrogens is 260 g/mol. The summed E-state index contributed by atoms with van der Waals surface area (Å²) in [7, 11) is 2.33. The Morgan fingerprint density at radius 2 is 1.81 bits per heavy atom. The molecule has 0 spiro atoms. The molecule has 0 saturated heterocycles. The first-order chi connectivity index (χ1) is 9.96. The summed E-state index contributed by atoms with van der Waals surface area (Å²) in [5, 5.41) is 13.6. The highest BCUT2D eigenvalue weighted by molar-refractivity contribution is 4.98. The molecule has 2 unspecified atom stereocenters. The molecule has 0 radical (unpaired) electrons. The molecule has 2 aliphatic carbocycles. The minimum absolute atomic E-state index is 0.0483. The second kappa shape index (κ2) is 7.43. The minimum Gasteiger partial charge on any atom is -0.394 e. The molecule has 3 heteroatoms. The largest absolute Gasteiger partial charge is 0.394 e. The quantitative estimate of drug-likeness (QED) is 0.818. The Hall–Kier alpha value is -0.120. The molecule has 0 bridgehead atoms. The van der Waals surface area contributed by atoms with Gasteiger partial charge in [-0.15, -0.1) is 0 Å². The molecule has 0 aromatic heterocycles. The maximum absolute atomic E-state index is 9.95. The lowest BCUT2D eigenvalue weighted by atomic mass is 9.77. The maximum atomic E-state index is 9.95. The van der Waals surface area contributed by atoms with Gasteiger partial charge in [0.1, 0.15) is 0 Å². The molecule has 2 atom stereocenters. The van der Waals surface area contributed by atoms with E-state index < -0.39 is 0 Å². The minimum atomic E-state index is -0.0483. The second-order valence-electron chi connectivity index (χ2n) is 8.07. The summed E-state index contributed by atoms with van der Waals surface area (Å²) in [5.74, 6) is 0.917. The van der Waals surface area contributed by atoms with E-state index >= 15 is 0 Å². The van der Waals surface area contributed by atoms with Gasteiger partial charge in [-0.05, 0) is 64.3 Å². The number of aliphatic hydroxyl groups excluding tert-OH is 1. The van der Waals surface area contributed by atoms with Crippen LogP contribution in [0.5, 0.6) is 0 Å². The first-order valence-corrected chi connectivity index (χ1v) is 9.06. The van der Waals surface area contributed by atoms with Crippen LogP contribution in [0.3, 0.4) is 0 Å². The Labute approximate surface area is 131 Å². The van der Waals surface area contributed by atoms with Crippen molar-refractivity contribution in [1.29, 1.82) is 0 Å². The Kier molecular flexibility index (Phi) is 6.10. The number of hydrogen-bond acceptors (Lipinski definition) is 3. The third kappa shape index (κ3) is 4.43. The van der Waals surface area contributed by atoms with Gasteiger partial charge in [-0.3, -0.25) is 0 Å². The highest BCUT2D eigenvalue weighted by Crippen LogP contribution is 2.35. The first kappa shape index (κ1) is 17.2. The predicted molar refractivity (Wildman–Crippen MR) is 89.5 cm³/mol. The van der Waals surface area contributed by atoms with E-state index in [1.807, 2.05) is 0 Å². The van der Waals surface area contributed by atoms with Crippen LogP contribution >= 0.6 is 0 Å². The van der Waals surface area contributed by atoms with Crippen molar-refractivity contribution in [2.24, 2.45) is 5.92 Å². The number of rotatable bonds is 5. The molecule has 2 N–H and O–H groups in total. The predicted octanol–water partition coefficient (Wildman–Crippen LogP) is 3.17. The summed E-state index contributed by atoms with van der Waals surface area (Å²) >= 11 is 0. The van der Waals surface area contributed by atoms with Gasteiger partial charge in [0.25, 0.3) is 0 Å². The Morgan fingerprint density at radius 1 is 1.14 bits per heavy atom. The third-order valence-corrected chi connectivity index (χ3v) is 5.85. The lowest BCUT2D eigenvalue weighted by Gasteiger charge is -2.47. The molecule has 124 valence electrons. The van der Waals surface area contributed by atoms with E-state index in [2.05, 4.69) is 38.0 Å². The molecule has 21 heavy (non-hydrogen) atoms. The lowest BCUT2D eigenvalue weighted by molar-refractivity contribution is 0.0367. The van der Waals surface area contributed by atoms with Gasteiger partial charge in [-0.25, -0.2) is 0 Å². The second-order valence-corrected chi connectivity index (χ2v) is 8.07. The van der Waals surface area contributed by atoms with Crippen LogP contribution in [0, 0.1) is 5.92 Å². The molecule has 3 nitrogen and oxygen atoms in total. The molecule has 0 amide bonds. The highest BCUT2D eigenvalue weighted by atomic mass is 16.3. The molecule has 0 aromatic carbocycles. The molecule has 0 heterocycles. The first-order valence-electron chi connectivity index (χ1n) is 9.06. The zero-order chi connectivity index (χ0) is 15.5. The van der Waals surface area contributed by atoms with Gasteiger partial charge < -0.3 is 15.3 Å². The van der Waals surface area contributed by atoms with Crippen molar-refractivity contribution in [2.45, 2.75) is 95.8 Å². The zero-order valence-corrected chi connectivity index (χ0v) is 14.6. The summed E-state index contributed by atoms with van der Waals surface area (Å²) in [5.41, 5.74) is -0.0483. The van der Waals surface area contributed by atoms with Crippen LogP contribution in [-0.4, -0.2) is 47.3 Å². The summed E-state index contributed by atoms with van der Waals surface area (Å²) in [6, 6.07) is 1.84. The van der Waals surface area contributed by atoms with Crippen LogP contribution in [-0.2, 0) is 0 Å². The van der Waals surface area contributed by atoms with Gasteiger partial charge in [0, 0.05) is 23.7 Å². The smallest absolute Gasteiger partial charge is 0.0613 e. The SMILES string of the molecule is CC1CCC(N(C)C2CCCC(CO)(NC(C)C)C2)CC1. The summed E-state index contributed by atoms with van der Waals surface area (Å²) in [6.07, 6.45) is 10.2. The van der Waals surface area contributed by atoms with Crippen LogP contribution in [0.15, 0.2) is 0 Å². The number of hydrogen-bond donors (Lipinski definition) is 2. The van der Waals surface area contributed by atoms with Gasteiger partial charge in [-0.2, -0.15) is 0 Å². The fourth-order valence-corrected chi connectivity index (χ4v) is 4.56. The van der Waals surface area contributed by atoms with Crippen LogP contribution in [0.2, 0.25) is 0 Å². The molecule has 2 rings (SSSR count). The number of aliphatic hydroxyl groups is 1. The topological polar surface area (TPSA) is 35.5 Å². The van der Waals surface area contributed by atoms with Gasteiger partial charge >= 0.3 is 0 Å². The average molecular weight is 296 g/mol. The van der Waals surface area contributed by atoms with Gasteiger partial charge in [-0.1, -0.05) is 20.8 Å². The summed E-state index contributed by atoms with van der Waals surface area (Å²) in [6.45, 7) is 7.04. The van der Waals surface area contributed by atoms with Crippen molar-refractivity contribution in [1.82, 2.24) is 10.2 Å². The van der Waals surface area contributed by atoms with E-state index in [9.17, 15) is 5.11 Å². The Balaban J connectivity index is 1.96. The van der Waals surface area contributed by atoms with Crippen molar-refractivity contribution in [3.05, 3.63) is 0 Å². The zero-order valence-electron chi connectivity index (χ0n) is 14.6. The molecule has 0 aliphatic heterocycles. The van der Waals surface area contributed by atoms with Gasteiger partial charge in [0.2, 0.25) is 0 Å². The number of nitrogens with zero attached hydrogens (tertiary/aromatic N) is 1. The van der Waals surface area contributed by atoms with E-state index in [-0.39, 0.29) is 12.1 Å². The normalized spacial score (nSPS) is 38.1. The monoisotopic (exact) mass is 296 g/mol. The molecule has 2 aliphatic rings. The van der Waals surface area contributed by atoms with Crippen molar-refractivity contribution in [3.63, 3.8) is 0 Å². The van der Waals surface area contributed by atoms with Crippen molar-refractivity contribution in [3.8, 4) is 0 Å². The average Bonchev–Trinajstić information content (AvgIpc) is 2.47. The number of nitrogens with one attached hydrogen (secondary N) is 1. The summed E-state index contributed by atoms with van der Waals surface area (Å²) in [4.78, 5) is 2.65. The molecular formula is C18H36N2O. The van der Waals surface area contributed by atoms with Crippen molar-refractivity contribution < 1.29 is 5.11 Å². The van der Waals surface area contributed by atoms with Crippen molar-refractivity contribution >= 4 is 0 Å². The van der Waals surface area contributed by atoms with Gasteiger partial charge in [0.05, 0.1) is 6.61 Å².